The van der Waals surface area contributed by atoms with Crippen LogP contribution in [0, 0.1) is 13.8 Å². The van der Waals surface area contributed by atoms with E-state index < -0.39 is 35.7 Å². The third-order valence-corrected chi connectivity index (χ3v) is 7.30. The van der Waals surface area contributed by atoms with Gasteiger partial charge in [0.2, 0.25) is 11.8 Å². The van der Waals surface area contributed by atoms with Crippen LogP contribution in [0.3, 0.4) is 0 Å². The van der Waals surface area contributed by atoms with Crippen LogP contribution in [0.5, 0.6) is 0 Å². The molecule has 0 aromatic heterocycles. The number of carbonyl (C=O) groups is 4. The van der Waals surface area contributed by atoms with E-state index in [1.807, 2.05) is 62.4 Å². The molecule has 9 nitrogen and oxygen atoms in total. The summed E-state index contributed by atoms with van der Waals surface area (Å²) in [7, 11) is 0. The van der Waals surface area contributed by atoms with Crippen LogP contribution in [0.1, 0.15) is 81.7 Å². The average Bonchev–Trinajstić information content (AvgIpc) is 2.88. The molecule has 42 heavy (non-hydrogen) atoms. The molecular weight excluding hydrogens is 534 g/mol. The fourth-order valence-electron chi connectivity index (χ4n) is 4.85. The van der Waals surface area contributed by atoms with E-state index in [1.165, 1.54) is 0 Å². The summed E-state index contributed by atoms with van der Waals surface area (Å²) in [6, 6.07) is 13.1. The minimum atomic E-state index is -0.968. The first-order chi connectivity index (χ1) is 19.9. The molecule has 2 aromatic rings. The molecule has 3 rings (SSSR count). The van der Waals surface area contributed by atoms with E-state index in [2.05, 4.69) is 10.6 Å². The van der Waals surface area contributed by atoms with E-state index in [9.17, 15) is 19.2 Å². The maximum Gasteiger partial charge on any atom is 0.408 e. The Labute approximate surface area is 249 Å². The average molecular weight is 580 g/mol. The SMILES string of the molecule is CCOC(=O)CCNC(=O)C(c1ccc(C)c(C)c1)N(C(=O)C(Cc1ccccc1)NC(=O)OC(C)(C)C)C1CCC1. The summed E-state index contributed by atoms with van der Waals surface area (Å²) in [6.45, 7) is 11.3. The van der Waals surface area contributed by atoms with Crippen LogP contribution in [0.25, 0.3) is 0 Å². The lowest BCUT2D eigenvalue weighted by Crippen LogP contribution is -2.58. The molecule has 0 spiro atoms. The monoisotopic (exact) mass is 579 g/mol. The largest absolute Gasteiger partial charge is 0.466 e. The van der Waals surface area contributed by atoms with Gasteiger partial charge < -0.3 is 25.0 Å². The molecule has 0 bridgehead atoms. The minimum absolute atomic E-state index is 0.0213. The second-order valence-corrected chi connectivity index (χ2v) is 11.8. The minimum Gasteiger partial charge on any atom is -0.466 e. The first-order valence-corrected chi connectivity index (χ1v) is 14.8. The summed E-state index contributed by atoms with van der Waals surface area (Å²) in [5.74, 6) is -1.16. The lowest BCUT2D eigenvalue weighted by molar-refractivity contribution is -0.148. The standard InChI is InChI=1S/C33H45N3O6/c1-7-41-28(37)18-19-34-30(38)29(25-17-16-22(2)23(3)20-25)36(26-14-11-15-26)31(39)27(21-24-12-9-8-10-13-24)35-32(40)42-33(4,5)6/h8-10,12-13,16-17,20,26-27,29H,7,11,14-15,18-19,21H2,1-6H3,(H,34,38)(H,35,40). The Morgan fingerprint density at radius 1 is 1.00 bits per heavy atom. The molecule has 1 saturated carbocycles. The van der Waals surface area contributed by atoms with Crippen LogP contribution in [-0.2, 0) is 30.3 Å². The van der Waals surface area contributed by atoms with Crippen molar-refractivity contribution >= 4 is 23.9 Å². The summed E-state index contributed by atoms with van der Waals surface area (Å²) in [6.07, 6.45) is 1.97. The first kappa shape index (κ1) is 32.6. The van der Waals surface area contributed by atoms with Gasteiger partial charge in [-0.05, 0) is 83.1 Å². The predicted octanol–water partition coefficient (Wildman–Crippen LogP) is 4.93. The Hall–Kier alpha value is -3.88. The molecule has 0 radical (unpaired) electrons. The van der Waals surface area contributed by atoms with Gasteiger partial charge in [-0.1, -0.05) is 48.5 Å². The van der Waals surface area contributed by atoms with Gasteiger partial charge in [-0.25, -0.2) is 4.79 Å². The van der Waals surface area contributed by atoms with E-state index in [0.717, 1.165) is 36.0 Å². The summed E-state index contributed by atoms with van der Waals surface area (Å²) in [5.41, 5.74) is 2.84. The number of hydrogen-bond acceptors (Lipinski definition) is 6. The van der Waals surface area contributed by atoms with Crippen LogP contribution < -0.4 is 10.6 Å². The summed E-state index contributed by atoms with van der Waals surface area (Å²) < 4.78 is 10.5. The van der Waals surface area contributed by atoms with Gasteiger partial charge in [0.05, 0.1) is 13.0 Å². The van der Waals surface area contributed by atoms with Crippen LogP contribution >= 0.6 is 0 Å². The number of nitrogens with zero attached hydrogens (tertiary/aromatic N) is 1. The Bertz CT molecular complexity index is 1240. The van der Waals surface area contributed by atoms with Gasteiger partial charge in [0, 0.05) is 19.0 Å². The molecule has 2 atom stereocenters. The van der Waals surface area contributed by atoms with Gasteiger partial charge in [0.15, 0.2) is 0 Å². The number of hydrogen-bond donors (Lipinski definition) is 2. The zero-order valence-electron chi connectivity index (χ0n) is 25.7. The van der Waals surface area contributed by atoms with Gasteiger partial charge in [-0.3, -0.25) is 14.4 Å². The zero-order chi connectivity index (χ0) is 30.9. The summed E-state index contributed by atoms with van der Waals surface area (Å²) in [5, 5.41) is 5.66. The molecule has 2 unspecified atom stereocenters. The van der Waals surface area contributed by atoms with Crippen molar-refractivity contribution in [2.24, 2.45) is 0 Å². The van der Waals surface area contributed by atoms with Crippen LogP contribution in [0.15, 0.2) is 48.5 Å². The van der Waals surface area contributed by atoms with Crippen molar-refractivity contribution in [3.05, 3.63) is 70.8 Å². The number of nitrogens with one attached hydrogen (secondary N) is 2. The lowest BCUT2D eigenvalue weighted by Gasteiger charge is -2.43. The van der Waals surface area contributed by atoms with Crippen LogP contribution in [-0.4, -0.2) is 59.6 Å². The number of alkyl carbamates (subject to hydrolysis) is 1. The molecule has 0 heterocycles. The number of esters is 1. The maximum atomic E-state index is 14.5. The van der Waals surface area contributed by atoms with Gasteiger partial charge in [0.1, 0.15) is 17.7 Å². The molecule has 2 aromatic carbocycles. The Morgan fingerprint density at radius 3 is 2.26 bits per heavy atom. The predicted molar refractivity (Wildman–Crippen MR) is 161 cm³/mol. The Morgan fingerprint density at radius 2 is 1.69 bits per heavy atom. The molecule has 1 aliphatic carbocycles. The molecular formula is C33H45N3O6. The highest BCUT2D eigenvalue weighted by Crippen LogP contribution is 2.34. The van der Waals surface area contributed by atoms with Crippen molar-refractivity contribution < 1.29 is 28.7 Å². The second kappa shape index (κ2) is 14.8. The van der Waals surface area contributed by atoms with Gasteiger partial charge in [-0.2, -0.15) is 0 Å². The van der Waals surface area contributed by atoms with Gasteiger partial charge in [0.25, 0.3) is 0 Å². The van der Waals surface area contributed by atoms with E-state index >= 15 is 0 Å². The zero-order valence-corrected chi connectivity index (χ0v) is 25.7. The summed E-state index contributed by atoms with van der Waals surface area (Å²) in [4.78, 5) is 54.9. The number of amides is 3. The summed E-state index contributed by atoms with van der Waals surface area (Å²) >= 11 is 0. The van der Waals surface area contributed by atoms with E-state index in [-0.39, 0.29) is 37.9 Å². The lowest BCUT2D eigenvalue weighted by atomic mass is 9.87. The van der Waals surface area contributed by atoms with Crippen molar-refractivity contribution in [1.29, 1.82) is 0 Å². The Balaban J connectivity index is 2.00. The highest BCUT2D eigenvalue weighted by Gasteiger charge is 2.42. The van der Waals surface area contributed by atoms with E-state index in [0.29, 0.717) is 5.56 Å². The van der Waals surface area contributed by atoms with E-state index in [1.54, 1.807) is 32.6 Å². The molecule has 228 valence electrons. The molecule has 0 aliphatic heterocycles. The quantitative estimate of drug-likeness (QED) is 0.345. The number of carbonyl (C=O) groups excluding carboxylic acids is 4. The molecule has 1 aliphatic rings. The molecule has 1 fully saturated rings. The third-order valence-electron chi connectivity index (χ3n) is 7.30. The van der Waals surface area contributed by atoms with Crippen LogP contribution in [0.4, 0.5) is 4.79 Å². The first-order valence-electron chi connectivity index (χ1n) is 14.8. The Kier molecular flexibility index (Phi) is 11.5. The second-order valence-electron chi connectivity index (χ2n) is 11.8. The fraction of sp³-hybridized carbons (Fsp3) is 0.515. The third kappa shape index (κ3) is 9.33. The van der Waals surface area contributed by atoms with E-state index in [4.69, 9.17) is 9.47 Å². The highest BCUT2D eigenvalue weighted by molar-refractivity contribution is 5.92. The fourth-order valence-corrected chi connectivity index (χ4v) is 4.85. The maximum absolute atomic E-state index is 14.5. The molecule has 2 N–H and O–H groups in total. The topological polar surface area (TPSA) is 114 Å². The normalized spacial score (nSPS) is 14.6. The van der Waals surface area contributed by atoms with Crippen molar-refractivity contribution in [2.75, 3.05) is 13.2 Å². The van der Waals surface area contributed by atoms with Crippen molar-refractivity contribution in [1.82, 2.24) is 15.5 Å². The molecule has 0 saturated heterocycles. The number of rotatable bonds is 12. The number of aryl methyl sites for hydroxylation is 2. The van der Waals surface area contributed by atoms with Crippen LogP contribution in [0.2, 0.25) is 0 Å². The molecule has 3 amide bonds. The van der Waals surface area contributed by atoms with Gasteiger partial charge >= 0.3 is 12.1 Å². The number of benzene rings is 2. The number of ether oxygens (including phenoxy) is 2. The highest BCUT2D eigenvalue weighted by atomic mass is 16.6. The van der Waals surface area contributed by atoms with Crippen molar-refractivity contribution in [3.8, 4) is 0 Å². The van der Waals surface area contributed by atoms with Gasteiger partial charge in [-0.15, -0.1) is 0 Å². The smallest absolute Gasteiger partial charge is 0.408 e. The molecule has 9 heteroatoms. The van der Waals surface area contributed by atoms with Crippen molar-refractivity contribution in [2.45, 2.75) is 97.4 Å². The van der Waals surface area contributed by atoms with Crippen molar-refractivity contribution in [3.63, 3.8) is 0 Å².